The van der Waals surface area contributed by atoms with Crippen LogP contribution in [0.4, 0.5) is 5.69 Å². The molecule has 1 fully saturated rings. The minimum Gasteiger partial charge on any atom is -0.352 e. The van der Waals surface area contributed by atoms with E-state index in [1.165, 1.54) is 0 Å². The number of hydrogen-bond acceptors (Lipinski definition) is 3. The standard InChI is InChI=1S/C13H15N3O2/c1-2-5-15-13(18)10-7-12(17)16(9-10)11-4-3-6-14-8-11/h2-4,6,8,10H,1,5,7,9H2,(H,15,18). The van der Waals surface area contributed by atoms with E-state index in [0.717, 1.165) is 5.69 Å². The molecule has 1 aromatic rings. The van der Waals surface area contributed by atoms with E-state index < -0.39 is 0 Å². The van der Waals surface area contributed by atoms with E-state index in [2.05, 4.69) is 16.9 Å². The maximum Gasteiger partial charge on any atom is 0.227 e. The fraction of sp³-hybridized carbons (Fsp3) is 0.308. The Morgan fingerprint density at radius 3 is 3.17 bits per heavy atom. The first-order chi connectivity index (χ1) is 8.72. The smallest absolute Gasteiger partial charge is 0.227 e. The van der Waals surface area contributed by atoms with Gasteiger partial charge in [0.05, 0.1) is 17.8 Å². The zero-order chi connectivity index (χ0) is 13.0. The third-order valence-corrected chi connectivity index (χ3v) is 2.87. The summed E-state index contributed by atoms with van der Waals surface area (Å²) in [5.41, 5.74) is 0.738. The van der Waals surface area contributed by atoms with Gasteiger partial charge >= 0.3 is 0 Å². The first kappa shape index (κ1) is 12.3. The van der Waals surface area contributed by atoms with E-state index in [1.807, 2.05) is 6.07 Å². The summed E-state index contributed by atoms with van der Waals surface area (Å²) in [5, 5.41) is 2.72. The molecule has 2 heterocycles. The molecule has 0 bridgehead atoms. The Balaban J connectivity index is 2.03. The van der Waals surface area contributed by atoms with Gasteiger partial charge in [-0.25, -0.2) is 0 Å². The molecule has 1 saturated heterocycles. The molecule has 5 nitrogen and oxygen atoms in total. The van der Waals surface area contributed by atoms with Gasteiger partial charge < -0.3 is 10.2 Å². The maximum atomic E-state index is 11.9. The van der Waals surface area contributed by atoms with Crippen LogP contribution in [0.1, 0.15) is 6.42 Å². The Morgan fingerprint density at radius 2 is 2.50 bits per heavy atom. The third-order valence-electron chi connectivity index (χ3n) is 2.87. The summed E-state index contributed by atoms with van der Waals surface area (Å²) >= 11 is 0. The summed E-state index contributed by atoms with van der Waals surface area (Å²) in [6.45, 7) is 4.37. The summed E-state index contributed by atoms with van der Waals surface area (Å²) in [6.07, 6.45) is 5.14. The van der Waals surface area contributed by atoms with Crippen LogP contribution in [0, 0.1) is 5.92 Å². The highest BCUT2D eigenvalue weighted by Crippen LogP contribution is 2.24. The second kappa shape index (κ2) is 5.44. The number of carbonyl (C=O) groups excluding carboxylic acids is 2. The molecule has 1 N–H and O–H groups in total. The van der Waals surface area contributed by atoms with Crippen molar-refractivity contribution < 1.29 is 9.59 Å². The van der Waals surface area contributed by atoms with E-state index in [1.54, 1.807) is 29.4 Å². The van der Waals surface area contributed by atoms with Gasteiger partial charge in [-0.05, 0) is 12.1 Å². The lowest BCUT2D eigenvalue weighted by atomic mass is 10.1. The van der Waals surface area contributed by atoms with E-state index in [4.69, 9.17) is 0 Å². The molecule has 1 atom stereocenters. The normalized spacial score (nSPS) is 18.8. The summed E-state index contributed by atoms with van der Waals surface area (Å²) in [7, 11) is 0. The van der Waals surface area contributed by atoms with Crippen LogP contribution < -0.4 is 10.2 Å². The van der Waals surface area contributed by atoms with Crippen LogP contribution >= 0.6 is 0 Å². The minimum absolute atomic E-state index is 0.0400. The minimum atomic E-state index is -0.294. The predicted octanol–water partition coefficient (Wildman–Crippen LogP) is 0.737. The van der Waals surface area contributed by atoms with Crippen molar-refractivity contribution in [2.45, 2.75) is 6.42 Å². The summed E-state index contributed by atoms with van der Waals surface area (Å²) in [5.74, 6) is -0.436. The first-order valence-electron chi connectivity index (χ1n) is 5.81. The zero-order valence-corrected chi connectivity index (χ0v) is 10.0. The molecule has 1 aliphatic rings. The highest BCUT2D eigenvalue weighted by Gasteiger charge is 2.34. The average molecular weight is 245 g/mol. The van der Waals surface area contributed by atoms with Crippen LogP contribution in [0.3, 0.4) is 0 Å². The predicted molar refractivity (Wildman–Crippen MR) is 67.9 cm³/mol. The number of pyridine rings is 1. The summed E-state index contributed by atoms with van der Waals surface area (Å²) in [4.78, 5) is 29.2. The lowest BCUT2D eigenvalue weighted by molar-refractivity contribution is -0.126. The number of rotatable bonds is 4. The number of aromatic nitrogens is 1. The second-order valence-electron chi connectivity index (χ2n) is 4.15. The molecular formula is C13H15N3O2. The van der Waals surface area contributed by atoms with Gasteiger partial charge in [0.25, 0.3) is 0 Å². The molecule has 0 spiro atoms. The summed E-state index contributed by atoms with van der Waals surface area (Å²) in [6, 6.07) is 3.59. The highest BCUT2D eigenvalue weighted by atomic mass is 16.2. The van der Waals surface area contributed by atoms with Crippen molar-refractivity contribution in [3.05, 3.63) is 37.2 Å². The van der Waals surface area contributed by atoms with Crippen molar-refractivity contribution >= 4 is 17.5 Å². The van der Waals surface area contributed by atoms with Crippen molar-refractivity contribution in [2.24, 2.45) is 5.92 Å². The molecule has 1 unspecified atom stereocenters. The van der Waals surface area contributed by atoms with Crippen molar-refractivity contribution in [1.82, 2.24) is 10.3 Å². The molecule has 2 amide bonds. The topological polar surface area (TPSA) is 62.3 Å². The molecule has 0 radical (unpaired) electrons. The average Bonchev–Trinajstić information content (AvgIpc) is 2.79. The fourth-order valence-corrected chi connectivity index (χ4v) is 1.96. The number of carbonyl (C=O) groups is 2. The lowest BCUT2D eigenvalue weighted by Gasteiger charge is -2.15. The lowest BCUT2D eigenvalue weighted by Crippen LogP contribution is -2.33. The largest absolute Gasteiger partial charge is 0.352 e. The molecule has 18 heavy (non-hydrogen) atoms. The molecule has 2 rings (SSSR count). The number of nitrogens with one attached hydrogen (secondary N) is 1. The van der Waals surface area contributed by atoms with E-state index in [9.17, 15) is 9.59 Å². The Bertz CT molecular complexity index is 459. The van der Waals surface area contributed by atoms with E-state index >= 15 is 0 Å². The van der Waals surface area contributed by atoms with Crippen molar-refractivity contribution in [3.8, 4) is 0 Å². The van der Waals surface area contributed by atoms with Crippen LogP contribution in [0.2, 0.25) is 0 Å². The van der Waals surface area contributed by atoms with Gasteiger partial charge in [0.2, 0.25) is 11.8 Å². The number of hydrogen-bond donors (Lipinski definition) is 1. The molecule has 5 heteroatoms. The second-order valence-corrected chi connectivity index (χ2v) is 4.15. The number of anilines is 1. The molecular weight excluding hydrogens is 230 g/mol. The number of amides is 2. The Morgan fingerprint density at radius 1 is 1.67 bits per heavy atom. The summed E-state index contributed by atoms with van der Waals surface area (Å²) < 4.78 is 0. The van der Waals surface area contributed by atoms with Gasteiger partial charge in [0, 0.05) is 25.7 Å². The van der Waals surface area contributed by atoms with Crippen LogP contribution in [0.25, 0.3) is 0 Å². The van der Waals surface area contributed by atoms with Gasteiger partial charge in [-0.2, -0.15) is 0 Å². The molecule has 94 valence electrons. The van der Waals surface area contributed by atoms with E-state index in [-0.39, 0.29) is 24.2 Å². The van der Waals surface area contributed by atoms with Gasteiger partial charge in [0.1, 0.15) is 0 Å². The zero-order valence-electron chi connectivity index (χ0n) is 10.0. The quantitative estimate of drug-likeness (QED) is 0.796. The SMILES string of the molecule is C=CCNC(=O)C1CC(=O)N(c2cccnc2)C1. The monoisotopic (exact) mass is 245 g/mol. The van der Waals surface area contributed by atoms with Crippen LogP contribution in [0.5, 0.6) is 0 Å². The molecule has 1 aromatic heterocycles. The van der Waals surface area contributed by atoms with Crippen molar-refractivity contribution in [2.75, 3.05) is 18.0 Å². The Kier molecular flexibility index (Phi) is 3.72. The molecule has 0 aliphatic carbocycles. The number of nitrogens with zero attached hydrogens (tertiary/aromatic N) is 2. The maximum absolute atomic E-state index is 11.9. The van der Waals surface area contributed by atoms with Gasteiger partial charge in [-0.15, -0.1) is 6.58 Å². The van der Waals surface area contributed by atoms with Gasteiger partial charge in [-0.1, -0.05) is 6.08 Å². The van der Waals surface area contributed by atoms with Gasteiger partial charge in [-0.3, -0.25) is 14.6 Å². The molecule has 0 aromatic carbocycles. The third kappa shape index (κ3) is 2.56. The molecule has 1 aliphatic heterocycles. The van der Waals surface area contributed by atoms with Crippen LogP contribution in [-0.4, -0.2) is 29.9 Å². The van der Waals surface area contributed by atoms with Crippen molar-refractivity contribution in [1.29, 1.82) is 0 Å². The van der Waals surface area contributed by atoms with Crippen molar-refractivity contribution in [3.63, 3.8) is 0 Å². The van der Waals surface area contributed by atoms with E-state index in [0.29, 0.717) is 13.1 Å². The first-order valence-corrected chi connectivity index (χ1v) is 5.81. The Hall–Kier alpha value is -2.17. The van der Waals surface area contributed by atoms with Crippen LogP contribution in [-0.2, 0) is 9.59 Å². The van der Waals surface area contributed by atoms with Gasteiger partial charge in [0.15, 0.2) is 0 Å². The van der Waals surface area contributed by atoms with Crippen LogP contribution in [0.15, 0.2) is 37.2 Å². The fourth-order valence-electron chi connectivity index (χ4n) is 1.96. The molecule has 0 saturated carbocycles. The Labute approximate surface area is 106 Å². The highest BCUT2D eigenvalue weighted by molar-refractivity contribution is 6.00.